The summed E-state index contributed by atoms with van der Waals surface area (Å²) in [5.74, 6) is 1.22. The topological polar surface area (TPSA) is 29.9 Å². The first-order valence-electron chi connectivity index (χ1n) is 7.34. The summed E-state index contributed by atoms with van der Waals surface area (Å²) < 4.78 is 2.21. The molecule has 0 unspecified atom stereocenters. The van der Waals surface area contributed by atoms with Crippen molar-refractivity contribution in [3.05, 3.63) is 40.1 Å². The van der Waals surface area contributed by atoms with Gasteiger partial charge in [0, 0.05) is 30.2 Å². The molecule has 0 saturated carbocycles. The van der Waals surface area contributed by atoms with Gasteiger partial charge in [-0.25, -0.2) is 4.98 Å². The van der Waals surface area contributed by atoms with Gasteiger partial charge in [0.05, 0.1) is 17.2 Å². The third-order valence-electron chi connectivity index (χ3n) is 3.10. The van der Waals surface area contributed by atoms with Gasteiger partial charge in [-0.05, 0) is 24.1 Å². The molecule has 2 heterocycles. The van der Waals surface area contributed by atoms with Crippen molar-refractivity contribution in [1.82, 2.24) is 14.9 Å². The van der Waals surface area contributed by atoms with Gasteiger partial charge in [0.1, 0.15) is 0 Å². The fourth-order valence-electron chi connectivity index (χ4n) is 2.05. The minimum absolute atomic E-state index is 0.522. The minimum atomic E-state index is 0.522. The zero-order chi connectivity index (χ0) is 14.5. The summed E-state index contributed by atoms with van der Waals surface area (Å²) >= 11 is 1.76. The van der Waals surface area contributed by atoms with Gasteiger partial charge in [0.2, 0.25) is 0 Å². The second-order valence-electron chi connectivity index (χ2n) is 6.05. The van der Waals surface area contributed by atoms with Crippen LogP contribution in [0.5, 0.6) is 0 Å². The Morgan fingerprint density at radius 2 is 2.10 bits per heavy atom. The van der Waals surface area contributed by atoms with Crippen LogP contribution >= 0.6 is 11.3 Å². The molecular formula is C16H25N3S. The van der Waals surface area contributed by atoms with Crippen molar-refractivity contribution in [2.45, 2.75) is 46.7 Å². The molecule has 0 fully saturated rings. The summed E-state index contributed by atoms with van der Waals surface area (Å²) in [5.41, 5.74) is 2.50. The van der Waals surface area contributed by atoms with E-state index in [4.69, 9.17) is 0 Å². The molecule has 0 aromatic carbocycles. The monoisotopic (exact) mass is 291 g/mol. The van der Waals surface area contributed by atoms with E-state index in [1.807, 2.05) is 0 Å². The summed E-state index contributed by atoms with van der Waals surface area (Å²) in [7, 11) is 0. The first kappa shape index (κ1) is 15.3. The third kappa shape index (κ3) is 4.46. The maximum absolute atomic E-state index is 4.68. The number of thiazole rings is 1. The van der Waals surface area contributed by atoms with Crippen molar-refractivity contribution in [2.75, 3.05) is 6.54 Å². The quantitative estimate of drug-likeness (QED) is 0.839. The Hall–Kier alpha value is -1.13. The Bertz CT molecular complexity index is 525. The van der Waals surface area contributed by atoms with E-state index in [1.165, 1.54) is 10.6 Å². The average Bonchev–Trinajstić information content (AvgIpc) is 2.99. The number of hydrogen-bond acceptors (Lipinski definition) is 3. The van der Waals surface area contributed by atoms with Crippen LogP contribution in [0.25, 0.3) is 0 Å². The Morgan fingerprint density at radius 3 is 2.75 bits per heavy atom. The number of hydrogen-bond donors (Lipinski definition) is 1. The van der Waals surface area contributed by atoms with Gasteiger partial charge in [-0.15, -0.1) is 11.3 Å². The molecule has 3 nitrogen and oxygen atoms in total. The van der Waals surface area contributed by atoms with Crippen LogP contribution < -0.4 is 5.32 Å². The lowest BCUT2D eigenvalue weighted by atomic mass is 10.2. The van der Waals surface area contributed by atoms with Crippen LogP contribution in [-0.4, -0.2) is 16.1 Å². The second kappa shape index (κ2) is 7.04. The fraction of sp³-hybridized carbons (Fsp3) is 0.562. The SMILES string of the molecule is CC(C)CNCc1ccn(Cc2csc(C(C)C)n2)c1. The molecule has 4 heteroatoms. The molecule has 0 aliphatic carbocycles. The Morgan fingerprint density at radius 1 is 1.30 bits per heavy atom. The zero-order valence-electron chi connectivity index (χ0n) is 12.9. The maximum atomic E-state index is 4.68. The molecule has 1 N–H and O–H groups in total. The lowest BCUT2D eigenvalue weighted by Crippen LogP contribution is -2.18. The normalized spacial score (nSPS) is 11.7. The van der Waals surface area contributed by atoms with E-state index >= 15 is 0 Å². The average molecular weight is 291 g/mol. The molecule has 110 valence electrons. The number of aromatic nitrogens is 2. The van der Waals surface area contributed by atoms with Gasteiger partial charge in [-0.3, -0.25) is 0 Å². The largest absolute Gasteiger partial charge is 0.348 e. The summed E-state index contributed by atoms with van der Waals surface area (Å²) in [6.07, 6.45) is 4.35. The molecule has 0 spiro atoms. The highest BCUT2D eigenvalue weighted by molar-refractivity contribution is 7.09. The molecule has 2 aromatic heterocycles. The summed E-state index contributed by atoms with van der Waals surface area (Å²) in [6, 6.07) is 2.18. The summed E-state index contributed by atoms with van der Waals surface area (Å²) in [5, 5.41) is 6.87. The highest BCUT2D eigenvalue weighted by Gasteiger charge is 2.06. The van der Waals surface area contributed by atoms with Gasteiger partial charge >= 0.3 is 0 Å². The maximum Gasteiger partial charge on any atom is 0.0954 e. The summed E-state index contributed by atoms with van der Waals surface area (Å²) in [6.45, 7) is 11.7. The molecular weight excluding hydrogens is 266 g/mol. The van der Waals surface area contributed by atoms with E-state index < -0.39 is 0 Å². The van der Waals surface area contributed by atoms with Crippen LogP contribution in [-0.2, 0) is 13.1 Å². The predicted octanol–water partition coefficient (Wildman–Crippen LogP) is 3.86. The first-order chi connectivity index (χ1) is 9.54. The van der Waals surface area contributed by atoms with Gasteiger partial charge in [-0.1, -0.05) is 27.7 Å². The Kier molecular flexibility index (Phi) is 5.38. The molecule has 2 aromatic rings. The highest BCUT2D eigenvalue weighted by Crippen LogP contribution is 2.19. The smallest absolute Gasteiger partial charge is 0.0954 e. The number of nitrogens with zero attached hydrogens (tertiary/aromatic N) is 2. The second-order valence-corrected chi connectivity index (χ2v) is 6.94. The number of nitrogens with one attached hydrogen (secondary N) is 1. The van der Waals surface area contributed by atoms with Crippen molar-refractivity contribution in [1.29, 1.82) is 0 Å². The molecule has 0 saturated heterocycles. The Labute approximate surface area is 126 Å². The van der Waals surface area contributed by atoms with Crippen LogP contribution in [0.15, 0.2) is 23.8 Å². The lowest BCUT2D eigenvalue weighted by molar-refractivity contribution is 0.552. The molecule has 0 aliphatic heterocycles. The van der Waals surface area contributed by atoms with Gasteiger partial charge in [-0.2, -0.15) is 0 Å². The molecule has 20 heavy (non-hydrogen) atoms. The standard InChI is InChI=1S/C16H25N3S/c1-12(2)7-17-8-14-5-6-19(9-14)10-15-11-20-16(18-15)13(3)4/h5-6,9,11-13,17H,7-8,10H2,1-4H3. The van der Waals surface area contributed by atoms with Crippen molar-refractivity contribution >= 4 is 11.3 Å². The van der Waals surface area contributed by atoms with E-state index in [2.05, 4.69) is 66.4 Å². The molecule has 0 aliphatic rings. The van der Waals surface area contributed by atoms with E-state index in [9.17, 15) is 0 Å². The van der Waals surface area contributed by atoms with Crippen LogP contribution in [0.3, 0.4) is 0 Å². The highest BCUT2D eigenvalue weighted by atomic mass is 32.1. The fourth-order valence-corrected chi connectivity index (χ4v) is 2.87. The molecule has 0 amide bonds. The molecule has 2 rings (SSSR count). The van der Waals surface area contributed by atoms with Crippen LogP contribution in [0, 0.1) is 5.92 Å². The molecule has 0 atom stereocenters. The Balaban J connectivity index is 1.88. The van der Waals surface area contributed by atoms with Crippen LogP contribution in [0.2, 0.25) is 0 Å². The van der Waals surface area contributed by atoms with Gasteiger partial charge in [0.25, 0.3) is 0 Å². The van der Waals surface area contributed by atoms with Crippen LogP contribution in [0.1, 0.15) is 49.9 Å². The lowest BCUT2D eigenvalue weighted by Gasteiger charge is -2.05. The minimum Gasteiger partial charge on any atom is -0.348 e. The van der Waals surface area contributed by atoms with Crippen molar-refractivity contribution in [3.8, 4) is 0 Å². The van der Waals surface area contributed by atoms with Gasteiger partial charge < -0.3 is 9.88 Å². The third-order valence-corrected chi connectivity index (χ3v) is 4.30. The van der Waals surface area contributed by atoms with Crippen molar-refractivity contribution < 1.29 is 0 Å². The van der Waals surface area contributed by atoms with Crippen molar-refractivity contribution in [2.24, 2.45) is 5.92 Å². The zero-order valence-corrected chi connectivity index (χ0v) is 13.7. The first-order valence-corrected chi connectivity index (χ1v) is 8.22. The molecule has 0 bridgehead atoms. The number of rotatable bonds is 7. The van der Waals surface area contributed by atoms with E-state index in [1.54, 1.807) is 11.3 Å². The van der Waals surface area contributed by atoms with Crippen LogP contribution in [0.4, 0.5) is 0 Å². The predicted molar refractivity (Wildman–Crippen MR) is 86.3 cm³/mol. The van der Waals surface area contributed by atoms with Crippen molar-refractivity contribution in [3.63, 3.8) is 0 Å². The van der Waals surface area contributed by atoms with E-state index in [-0.39, 0.29) is 0 Å². The van der Waals surface area contributed by atoms with E-state index in [0.29, 0.717) is 11.8 Å². The van der Waals surface area contributed by atoms with Gasteiger partial charge in [0.15, 0.2) is 0 Å². The molecule has 0 radical (unpaired) electrons. The van der Waals surface area contributed by atoms with E-state index in [0.717, 1.165) is 25.3 Å². The summed E-state index contributed by atoms with van der Waals surface area (Å²) in [4.78, 5) is 4.68.